The molecule has 0 aromatic heterocycles. The highest BCUT2D eigenvalue weighted by atomic mass is 32.3. The maximum atomic E-state index is 10.9. The molecule has 1 saturated heterocycles. The molecule has 0 aromatic carbocycles. The number of rotatable bonds is 4. The predicted octanol–water partition coefficient (Wildman–Crippen LogP) is 0.0538. The van der Waals surface area contributed by atoms with Crippen LogP contribution in [0.5, 0.6) is 0 Å². The van der Waals surface area contributed by atoms with E-state index in [-0.39, 0.29) is 18.5 Å². The lowest BCUT2D eigenvalue weighted by atomic mass is 10.5. The van der Waals surface area contributed by atoms with Crippen LogP contribution in [-0.2, 0) is 37.3 Å². The summed E-state index contributed by atoms with van der Waals surface area (Å²) >= 11 is 0.149. The second-order valence-corrected chi connectivity index (χ2v) is 4.54. The lowest BCUT2D eigenvalue weighted by molar-refractivity contribution is -0.271. The summed E-state index contributed by atoms with van der Waals surface area (Å²) in [5.41, 5.74) is 0. The van der Waals surface area contributed by atoms with Gasteiger partial charge in [-0.1, -0.05) is 6.92 Å². The second-order valence-electron chi connectivity index (χ2n) is 2.56. The Bertz CT molecular complexity index is 387. The van der Waals surface area contributed by atoms with E-state index in [1.165, 1.54) is 6.92 Å². The van der Waals surface area contributed by atoms with Crippen LogP contribution in [-0.4, -0.2) is 25.7 Å². The van der Waals surface area contributed by atoms with Crippen molar-refractivity contribution < 1.29 is 35.3 Å². The van der Waals surface area contributed by atoms with Crippen LogP contribution in [0, 0.1) is 0 Å². The normalized spacial score (nSPS) is 20.6. The van der Waals surface area contributed by atoms with E-state index < -0.39 is 27.6 Å². The van der Waals surface area contributed by atoms with Crippen LogP contribution >= 0.6 is 12.0 Å². The lowest BCUT2D eigenvalue weighted by Gasteiger charge is -2.34. The van der Waals surface area contributed by atoms with Crippen molar-refractivity contribution in [1.82, 2.24) is 0 Å². The van der Waals surface area contributed by atoms with Crippen LogP contribution in [0.3, 0.4) is 0 Å². The van der Waals surface area contributed by atoms with Crippen molar-refractivity contribution in [3.8, 4) is 0 Å². The Hall–Kier alpha value is -0.840. The fourth-order valence-electron chi connectivity index (χ4n) is 0.656. The maximum absolute atomic E-state index is 10.9. The van der Waals surface area contributed by atoms with Gasteiger partial charge in [-0.3, -0.25) is 9.59 Å². The second kappa shape index (κ2) is 4.57. The van der Waals surface area contributed by atoms with Gasteiger partial charge in [0.25, 0.3) is 0 Å². The molecule has 0 aromatic rings. The molecule has 1 heterocycles. The lowest BCUT2D eigenvalue weighted by Crippen LogP contribution is -2.51. The minimum Gasteiger partial charge on any atom is -0.395 e. The molecule has 0 bridgehead atoms. The molecule has 0 aliphatic carbocycles. The number of hydrogen-bond acceptors (Lipinski definition) is 9. The molecular weight excluding hydrogens is 264 g/mol. The first-order chi connectivity index (χ1) is 7.29. The van der Waals surface area contributed by atoms with Gasteiger partial charge in [-0.15, -0.1) is 0 Å². The first-order valence-electron chi connectivity index (χ1n) is 4.03. The van der Waals surface area contributed by atoms with E-state index in [2.05, 4.69) is 17.3 Å². The summed E-state index contributed by atoms with van der Waals surface area (Å²) in [6.07, 6.45) is -0.0187. The Morgan fingerprint density at radius 1 is 1.38 bits per heavy atom. The summed E-state index contributed by atoms with van der Waals surface area (Å²) in [6.45, 7) is 2.56. The van der Waals surface area contributed by atoms with Gasteiger partial charge >= 0.3 is 27.6 Å². The van der Waals surface area contributed by atoms with Gasteiger partial charge in [0.05, 0.1) is 0 Å². The largest absolute Gasteiger partial charge is 0.454 e. The zero-order valence-corrected chi connectivity index (χ0v) is 9.92. The highest BCUT2D eigenvalue weighted by Crippen LogP contribution is 2.42. The fraction of sp³-hybridized carbons (Fsp3) is 0.667. The van der Waals surface area contributed by atoms with Crippen LogP contribution in [0.15, 0.2) is 0 Å². The van der Waals surface area contributed by atoms with Crippen LogP contribution < -0.4 is 0 Å². The average Bonchev–Trinajstić information content (AvgIpc) is 2.11. The van der Waals surface area contributed by atoms with Gasteiger partial charge in [-0.2, -0.15) is 16.8 Å². The summed E-state index contributed by atoms with van der Waals surface area (Å²) < 4.78 is 38.6. The predicted molar refractivity (Wildman–Crippen MR) is 49.6 cm³/mol. The Morgan fingerprint density at radius 3 is 2.31 bits per heavy atom. The third-order valence-electron chi connectivity index (χ3n) is 1.20. The smallest absolute Gasteiger partial charge is 0.395 e. The molecule has 0 atom stereocenters. The van der Waals surface area contributed by atoms with E-state index in [0.29, 0.717) is 0 Å². The van der Waals surface area contributed by atoms with Crippen LogP contribution in [0.25, 0.3) is 0 Å². The van der Waals surface area contributed by atoms with Gasteiger partial charge in [-0.05, 0) is 0 Å². The first kappa shape index (κ1) is 13.2. The van der Waals surface area contributed by atoms with Crippen LogP contribution in [0.1, 0.15) is 20.3 Å². The van der Waals surface area contributed by atoms with Gasteiger partial charge in [0.2, 0.25) is 0 Å². The van der Waals surface area contributed by atoms with E-state index in [0.717, 1.165) is 6.92 Å². The van der Waals surface area contributed by atoms with E-state index in [1.54, 1.807) is 0 Å². The third-order valence-corrected chi connectivity index (χ3v) is 3.03. The number of carbonyl (C=O) groups excluding carboxylic acids is 2. The van der Waals surface area contributed by atoms with Gasteiger partial charge in [0, 0.05) is 13.3 Å². The fourth-order valence-corrected chi connectivity index (χ4v) is 2.31. The highest BCUT2D eigenvalue weighted by Gasteiger charge is 2.59. The quantitative estimate of drug-likeness (QED) is 0.398. The number of carbonyl (C=O) groups is 2. The van der Waals surface area contributed by atoms with Crippen LogP contribution in [0.2, 0.25) is 0 Å². The summed E-state index contributed by atoms with van der Waals surface area (Å²) in [7, 11) is -4.18. The minimum atomic E-state index is -4.18. The molecule has 0 unspecified atom stereocenters. The SMILES string of the molecule is CCC(=O)OC1(SOC(C)=O)OS(=O)(=O)O1. The summed E-state index contributed by atoms with van der Waals surface area (Å²) in [6, 6.07) is 0. The molecule has 0 spiro atoms. The Morgan fingerprint density at radius 2 is 1.94 bits per heavy atom. The molecule has 1 fully saturated rings. The maximum Gasteiger partial charge on any atom is 0.454 e. The first-order valence-corrected chi connectivity index (χ1v) is 6.10. The summed E-state index contributed by atoms with van der Waals surface area (Å²) in [4.78, 5) is 21.4. The number of hydrogen-bond donors (Lipinski definition) is 0. The van der Waals surface area contributed by atoms with Gasteiger partial charge in [0.15, 0.2) is 12.0 Å². The topological polar surface area (TPSA) is 105 Å². The molecule has 1 aliphatic heterocycles. The standard InChI is InChI=1S/C6H8O8S2/c1-3-5(8)11-6(15-12-4(2)7)13-16(9,10)14-6/h3H2,1-2H3. The monoisotopic (exact) mass is 272 g/mol. The molecule has 16 heavy (non-hydrogen) atoms. The molecule has 0 N–H and O–H groups in total. The number of ether oxygens (including phenoxy) is 1. The van der Waals surface area contributed by atoms with Crippen molar-refractivity contribution in [2.75, 3.05) is 0 Å². The average molecular weight is 272 g/mol. The molecule has 1 rings (SSSR count). The molecule has 8 nitrogen and oxygen atoms in total. The molecular formula is C6H8O8S2. The molecule has 0 saturated carbocycles. The van der Waals surface area contributed by atoms with E-state index in [1.807, 2.05) is 0 Å². The van der Waals surface area contributed by atoms with Crippen molar-refractivity contribution in [3.63, 3.8) is 0 Å². The van der Waals surface area contributed by atoms with Crippen LogP contribution in [0.4, 0.5) is 0 Å². The third kappa shape index (κ3) is 3.33. The van der Waals surface area contributed by atoms with Crippen molar-refractivity contribution >= 4 is 34.4 Å². The molecule has 1 aliphatic rings. The Kier molecular flexibility index (Phi) is 3.78. The minimum absolute atomic E-state index is 0.0187. The molecule has 10 heteroatoms. The zero-order valence-electron chi connectivity index (χ0n) is 8.29. The van der Waals surface area contributed by atoms with Crippen molar-refractivity contribution in [3.05, 3.63) is 0 Å². The Labute approximate surface area is 95.7 Å². The van der Waals surface area contributed by atoms with Gasteiger partial charge in [0.1, 0.15) is 0 Å². The van der Waals surface area contributed by atoms with Gasteiger partial charge in [-0.25, -0.2) is 0 Å². The highest BCUT2D eigenvalue weighted by molar-refractivity contribution is 7.98. The zero-order chi connectivity index (χ0) is 12.4. The Balaban J connectivity index is 2.64. The van der Waals surface area contributed by atoms with E-state index in [4.69, 9.17) is 0 Å². The summed E-state index contributed by atoms with van der Waals surface area (Å²) in [5, 5.41) is -2.25. The summed E-state index contributed by atoms with van der Waals surface area (Å²) in [5.74, 6) is -1.50. The number of esters is 1. The van der Waals surface area contributed by atoms with E-state index in [9.17, 15) is 18.0 Å². The van der Waals surface area contributed by atoms with Crippen molar-refractivity contribution in [1.29, 1.82) is 0 Å². The molecule has 92 valence electrons. The molecule has 0 radical (unpaired) electrons. The molecule has 0 amide bonds. The van der Waals surface area contributed by atoms with Crippen molar-refractivity contribution in [2.24, 2.45) is 0 Å². The van der Waals surface area contributed by atoms with Crippen molar-refractivity contribution in [2.45, 2.75) is 25.6 Å². The van der Waals surface area contributed by atoms with Gasteiger partial charge < -0.3 is 8.92 Å². The van der Waals surface area contributed by atoms with E-state index >= 15 is 0 Å².